The van der Waals surface area contributed by atoms with Gasteiger partial charge in [-0.15, -0.1) is 11.3 Å². The minimum Gasteiger partial charge on any atom is -0.481 e. The molecule has 0 spiro atoms. The third-order valence-corrected chi connectivity index (χ3v) is 4.13. The average molecular weight is 254 g/mol. The van der Waals surface area contributed by atoms with E-state index in [2.05, 4.69) is 16.8 Å². The highest BCUT2D eigenvalue weighted by molar-refractivity contribution is 7.09. The smallest absolute Gasteiger partial charge is 0.309 e. The van der Waals surface area contributed by atoms with E-state index in [1.807, 2.05) is 5.38 Å². The fraction of sp³-hybridized carbons (Fsp3) is 0.667. The SMILES string of the molecule is CCN1CCC(Cc2nc(CC(=O)O)cs2)C1. The summed E-state index contributed by atoms with van der Waals surface area (Å²) in [6.07, 6.45) is 2.28. The Hall–Kier alpha value is -0.940. The van der Waals surface area contributed by atoms with E-state index in [0.717, 1.165) is 24.5 Å². The summed E-state index contributed by atoms with van der Waals surface area (Å²) in [7, 11) is 0. The van der Waals surface area contributed by atoms with Crippen molar-refractivity contribution in [2.45, 2.75) is 26.2 Å². The summed E-state index contributed by atoms with van der Waals surface area (Å²) in [5, 5.41) is 11.6. The number of aromatic nitrogens is 1. The van der Waals surface area contributed by atoms with Crippen molar-refractivity contribution in [2.75, 3.05) is 19.6 Å². The van der Waals surface area contributed by atoms with E-state index in [1.54, 1.807) is 11.3 Å². The lowest BCUT2D eigenvalue weighted by Crippen LogP contribution is -2.20. The molecule has 0 radical (unpaired) electrons. The molecule has 0 bridgehead atoms. The number of aliphatic carboxylic acids is 1. The van der Waals surface area contributed by atoms with Gasteiger partial charge in [0.15, 0.2) is 0 Å². The molecule has 5 heteroatoms. The number of thiazole rings is 1. The van der Waals surface area contributed by atoms with E-state index in [1.165, 1.54) is 13.0 Å². The second-order valence-electron chi connectivity index (χ2n) is 4.56. The predicted octanol–water partition coefficient (Wildman–Crippen LogP) is 1.65. The Labute approximate surface area is 105 Å². The van der Waals surface area contributed by atoms with Crippen LogP contribution in [0.3, 0.4) is 0 Å². The molecule has 94 valence electrons. The lowest BCUT2D eigenvalue weighted by atomic mass is 10.1. The molecule has 1 aliphatic rings. The Kier molecular flexibility index (Phi) is 4.12. The van der Waals surface area contributed by atoms with Crippen molar-refractivity contribution in [3.05, 3.63) is 16.1 Å². The van der Waals surface area contributed by atoms with Crippen LogP contribution in [0.4, 0.5) is 0 Å². The number of rotatable bonds is 5. The van der Waals surface area contributed by atoms with Crippen molar-refractivity contribution in [1.82, 2.24) is 9.88 Å². The minimum atomic E-state index is -0.806. The topological polar surface area (TPSA) is 53.4 Å². The molecule has 1 atom stereocenters. The molecule has 4 nitrogen and oxygen atoms in total. The molecule has 2 heterocycles. The maximum absolute atomic E-state index is 10.6. The van der Waals surface area contributed by atoms with E-state index in [0.29, 0.717) is 11.6 Å². The Balaban J connectivity index is 1.87. The van der Waals surface area contributed by atoms with Gasteiger partial charge in [0.1, 0.15) is 0 Å². The molecule has 1 fully saturated rings. The van der Waals surface area contributed by atoms with Crippen LogP contribution in [-0.4, -0.2) is 40.6 Å². The normalized spacial score (nSPS) is 20.9. The number of hydrogen-bond donors (Lipinski definition) is 1. The fourth-order valence-corrected chi connectivity index (χ4v) is 3.20. The summed E-state index contributed by atoms with van der Waals surface area (Å²) in [5.74, 6) is -0.112. The molecule has 0 aliphatic carbocycles. The van der Waals surface area contributed by atoms with Gasteiger partial charge < -0.3 is 10.0 Å². The van der Waals surface area contributed by atoms with Gasteiger partial charge >= 0.3 is 5.97 Å². The lowest BCUT2D eigenvalue weighted by molar-refractivity contribution is -0.136. The Morgan fingerprint density at radius 2 is 2.53 bits per heavy atom. The van der Waals surface area contributed by atoms with Gasteiger partial charge in [0.25, 0.3) is 0 Å². The molecule has 1 aromatic heterocycles. The van der Waals surface area contributed by atoms with Gasteiger partial charge in [0.2, 0.25) is 0 Å². The first-order valence-electron chi connectivity index (χ1n) is 6.04. The summed E-state index contributed by atoms with van der Waals surface area (Å²) in [6, 6.07) is 0. The van der Waals surface area contributed by atoms with Crippen LogP contribution in [-0.2, 0) is 17.6 Å². The van der Waals surface area contributed by atoms with Gasteiger partial charge in [-0.1, -0.05) is 6.92 Å². The van der Waals surface area contributed by atoms with E-state index >= 15 is 0 Å². The van der Waals surface area contributed by atoms with Gasteiger partial charge in [-0.25, -0.2) is 4.98 Å². The highest BCUT2D eigenvalue weighted by Crippen LogP contribution is 2.22. The number of likely N-dealkylation sites (tertiary alicyclic amines) is 1. The van der Waals surface area contributed by atoms with Crippen LogP contribution in [0, 0.1) is 5.92 Å². The molecule has 1 unspecified atom stereocenters. The van der Waals surface area contributed by atoms with E-state index < -0.39 is 5.97 Å². The standard InChI is InChI=1S/C12H18N2O2S/c1-2-14-4-3-9(7-14)5-11-13-10(8-17-11)6-12(15)16/h8-9H,2-7H2,1H3,(H,15,16). The lowest BCUT2D eigenvalue weighted by Gasteiger charge is -2.11. The monoisotopic (exact) mass is 254 g/mol. The molecule has 17 heavy (non-hydrogen) atoms. The third-order valence-electron chi connectivity index (χ3n) is 3.21. The average Bonchev–Trinajstić information content (AvgIpc) is 2.88. The largest absolute Gasteiger partial charge is 0.481 e. The molecule has 0 aromatic carbocycles. The van der Waals surface area contributed by atoms with Crippen molar-refractivity contribution < 1.29 is 9.90 Å². The highest BCUT2D eigenvalue weighted by Gasteiger charge is 2.22. The van der Waals surface area contributed by atoms with Crippen LogP contribution in [0.1, 0.15) is 24.0 Å². The minimum absolute atomic E-state index is 0.0439. The molecule has 0 amide bonds. The molecule has 1 aromatic rings. The molecule has 0 saturated carbocycles. The van der Waals surface area contributed by atoms with Gasteiger partial charge in [-0.2, -0.15) is 0 Å². The number of nitrogens with zero attached hydrogens (tertiary/aromatic N) is 2. The quantitative estimate of drug-likeness (QED) is 0.868. The molecular formula is C12H18N2O2S. The molecule has 1 N–H and O–H groups in total. The van der Waals surface area contributed by atoms with Crippen molar-refractivity contribution in [1.29, 1.82) is 0 Å². The van der Waals surface area contributed by atoms with Gasteiger partial charge in [0, 0.05) is 18.3 Å². The number of carboxylic acid groups (broad SMARTS) is 1. The second kappa shape index (κ2) is 5.60. The van der Waals surface area contributed by atoms with E-state index in [4.69, 9.17) is 5.11 Å². The van der Waals surface area contributed by atoms with Crippen LogP contribution < -0.4 is 0 Å². The summed E-state index contributed by atoms with van der Waals surface area (Å²) < 4.78 is 0. The van der Waals surface area contributed by atoms with Crippen LogP contribution >= 0.6 is 11.3 Å². The first kappa shape index (κ1) is 12.5. The molecular weight excluding hydrogens is 236 g/mol. The zero-order chi connectivity index (χ0) is 12.3. The van der Waals surface area contributed by atoms with Gasteiger partial charge in [-0.3, -0.25) is 4.79 Å². The maximum Gasteiger partial charge on any atom is 0.309 e. The van der Waals surface area contributed by atoms with E-state index in [-0.39, 0.29) is 6.42 Å². The van der Waals surface area contributed by atoms with Crippen LogP contribution in [0.25, 0.3) is 0 Å². The van der Waals surface area contributed by atoms with Crippen molar-refractivity contribution in [3.63, 3.8) is 0 Å². The number of hydrogen-bond acceptors (Lipinski definition) is 4. The summed E-state index contributed by atoms with van der Waals surface area (Å²) in [5.41, 5.74) is 0.697. The number of carboxylic acids is 1. The van der Waals surface area contributed by atoms with Crippen molar-refractivity contribution in [2.24, 2.45) is 5.92 Å². The third kappa shape index (κ3) is 3.51. The Bertz CT molecular complexity index is 392. The Morgan fingerprint density at radius 3 is 3.18 bits per heavy atom. The van der Waals surface area contributed by atoms with Crippen molar-refractivity contribution in [3.8, 4) is 0 Å². The van der Waals surface area contributed by atoms with Crippen molar-refractivity contribution >= 4 is 17.3 Å². The first-order valence-corrected chi connectivity index (χ1v) is 6.92. The molecule has 1 aliphatic heterocycles. The van der Waals surface area contributed by atoms with Crippen LogP contribution in [0.5, 0.6) is 0 Å². The van der Waals surface area contributed by atoms with E-state index in [9.17, 15) is 4.79 Å². The maximum atomic E-state index is 10.6. The second-order valence-corrected chi connectivity index (χ2v) is 5.50. The van der Waals surface area contributed by atoms with Gasteiger partial charge in [-0.05, 0) is 25.4 Å². The molecule has 2 rings (SSSR count). The summed E-state index contributed by atoms with van der Waals surface area (Å²) >= 11 is 1.59. The highest BCUT2D eigenvalue weighted by atomic mass is 32.1. The van der Waals surface area contributed by atoms with Gasteiger partial charge in [0.05, 0.1) is 17.1 Å². The molecule has 1 saturated heterocycles. The summed E-state index contributed by atoms with van der Waals surface area (Å²) in [4.78, 5) is 17.4. The van der Waals surface area contributed by atoms with Crippen LogP contribution in [0.15, 0.2) is 5.38 Å². The zero-order valence-electron chi connectivity index (χ0n) is 10.1. The fourth-order valence-electron chi connectivity index (χ4n) is 2.29. The number of carbonyl (C=O) groups is 1. The summed E-state index contributed by atoms with van der Waals surface area (Å²) in [6.45, 7) is 5.66. The zero-order valence-corrected chi connectivity index (χ0v) is 10.9. The first-order chi connectivity index (χ1) is 8.17. The van der Waals surface area contributed by atoms with Crippen LogP contribution in [0.2, 0.25) is 0 Å². The Morgan fingerprint density at radius 1 is 1.71 bits per heavy atom. The predicted molar refractivity (Wildman–Crippen MR) is 67.4 cm³/mol.